The van der Waals surface area contributed by atoms with Gasteiger partial charge in [0.1, 0.15) is 5.82 Å². The fourth-order valence-electron chi connectivity index (χ4n) is 1.90. The Morgan fingerprint density at radius 3 is 2.61 bits per heavy atom. The van der Waals surface area contributed by atoms with E-state index in [4.69, 9.17) is 0 Å². The number of rotatable bonds is 2. The molecule has 0 radical (unpaired) electrons. The van der Waals surface area contributed by atoms with Gasteiger partial charge in [0.15, 0.2) is 0 Å². The van der Waals surface area contributed by atoms with Gasteiger partial charge in [0, 0.05) is 29.7 Å². The van der Waals surface area contributed by atoms with Crippen molar-refractivity contribution in [3.63, 3.8) is 0 Å². The molecule has 18 heavy (non-hydrogen) atoms. The molecule has 0 saturated carbocycles. The second kappa shape index (κ2) is 4.41. The van der Waals surface area contributed by atoms with Crippen molar-refractivity contribution in [1.29, 1.82) is 0 Å². The predicted octanol–water partition coefficient (Wildman–Crippen LogP) is 3.28. The number of H-pyrrole nitrogens is 1. The van der Waals surface area contributed by atoms with Crippen molar-refractivity contribution in [1.82, 2.24) is 15.2 Å². The molecule has 0 aliphatic carbocycles. The molecule has 0 aliphatic rings. The standard InChI is InChI=1S/C14H10FN3/c15-12-3-1-2-11(8-12)14-13(9-17-18-14)10-4-6-16-7-5-10/h1-9H,(H,17,18). The zero-order valence-electron chi connectivity index (χ0n) is 9.47. The van der Waals surface area contributed by atoms with E-state index in [9.17, 15) is 4.39 Å². The van der Waals surface area contributed by atoms with Crippen LogP contribution in [0.15, 0.2) is 55.0 Å². The largest absolute Gasteiger partial charge is 0.284 e. The minimum absolute atomic E-state index is 0.267. The summed E-state index contributed by atoms with van der Waals surface area (Å²) in [5.74, 6) is -0.267. The van der Waals surface area contributed by atoms with Gasteiger partial charge in [-0.3, -0.25) is 10.1 Å². The molecule has 0 fully saturated rings. The molecule has 0 atom stereocenters. The first-order chi connectivity index (χ1) is 8.84. The Morgan fingerprint density at radius 1 is 1.00 bits per heavy atom. The first kappa shape index (κ1) is 10.7. The van der Waals surface area contributed by atoms with Crippen molar-refractivity contribution in [2.45, 2.75) is 0 Å². The summed E-state index contributed by atoms with van der Waals surface area (Å²) in [4.78, 5) is 3.98. The summed E-state index contributed by atoms with van der Waals surface area (Å²) in [5, 5.41) is 7.01. The zero-order chi connectivity index (χ0) is 12.4. The molecule has 0 aliphatic heterocycles. The number of aromatic amines is 1. The maximum atomic E-state index is 13.2. The highest BCUT2D eigenvalue weighted by atomic mass is 19.1. The van der Waals surface area contributed by atoms with Crippen LogP contribution in [0.2, 0.25) is 0 Å². The van der Waals surface area contributed by atoms with E-state index in [1.165, 1.54) is 12.1 Å². The van der Waals surface area contributed by atoms with Gasteiger partial charge in [-0.15, -0.1) is 0 Å². The van der Waals surface area contributed by atoms with Gasteiger partial charge in [-0.25, -0.2) is 4.39 Å². The summed E-state index contributed by atoms with van der Waals surface area (Å²) in [7, 11) is 0. The van der Waals surface area contributed by atoms with Gasteiger partial charge in [0.25, 0.3) is 0 Å². The number of benzene rings is 1. The van der Waals surface area contributed by atoms with Crippen LogP contribution in [0.1, 0.15) is 0 Å². The molecule has 0 spiro atoms. The van der Waals surface area contributed by atoms with Gasteiger partial charge in [-0.05, 0) is 29.8 Å². The van der Waals surface area contributed by atoms with Crippen LogP contribution in [0.3, 0.4) is 0 Å². The number of aromatic nitrogens is 3. The van der Waals surface area contributed by atoms with Crippen LogP contribution in [0, 0.1) is 5.82 Å². The van der Waals surface area contributed by atoms with Crippen molar-refractivity contribution >= 4 is 0 Å². The molecule has 4 heteroatoms. The fourth-order valence-corrected chi connectivity index (χ4v) is 1.90. The van der Waals surface area contributed by atoms with Crippen LogP contribution in [-0.2, 0) is 0 Å². The van der Waals surface area contributed by atoms with E-state index in [-0.39, 0.29) is 5.82 Å². The van der Waals surface area contributed by atoms with Crippen molar-refractivity contribution < 1.29 is 4.39 Å². The minimum atomic E-state index is -0.267. The van der Waals surface area contributed by atoms with Gasteiger partial charge in [0.05, 0.1) is 5.69 Å². The topological polar surface area (TPSA) is 41.6 Å². The average molecular weight is 239 g/mol. The fraction of sp³-hybridized carbons (Fsp3) is 0. The lowest BCUT2D eigenvalue weighted by atomic mass is 10.0. The second-order valence-corrected chi connectivity index (χ2v) is 3.89. The van der Waals surface area contributed by atoms with E-state index < -0.39 is 0 Å². The monoisotopic (exact) mass is 239 g/mol. The van der Waals surface area contributed by atoms with Crippen LogP contribution in [0.5, 0.6) is 0 Å². The molecule has 3 aromatic rings. The van der Waals surface area contributed by atoms with E-state index in [0.29, 0.717) is 0 Å². The van der Waals surface area contributed by atoms with Crippen molar-refractivity contribution in [2.24, 2.45) is 0 Å². The molecule has 2 aromatic heterocycles. The molecule has 2 heterocycles. The Kier molecular flexibility index (Phi) is 2.61. The van der Waals surface area contributed by atoms with E-state index in [2.05, 4.69) is 15.2 Å². The van der Waals surface area contributed by atoms with E-state index in [1.54, 1.807) is 24.7 Å². The maximum absolute atomic E-state index is 13.2. The SMILES string of the molecule is Fc1cccc(-c2n[nH]cc2-c2ccncc2)c1. The summed E-state index contributed by atoms with van der Waals surface area (Å²) >= 11 is 0. The zero-order valence-corrected chi connectivity index (χ0v) is 9.47. The third kappa shape index (κ3) is 1.88. The van der Waals surface area contributed by atoms with Crippen LogP contribution in [0.25, 0.3) is 22.4 Å². The molecule has 0 unspecified atom stereocenters. The first-order valence-corrected chi connectivity index (χ1v) is 5.55. The third-order valence-electron chi connectivity index (χ3n) is 2.73. The molecule has 0 bridgehead atoms. The van der Waals surface area contributed by atoms with Crippen LogP contribution in [-0.4, -0.2) is 15.2 Å². The lowest BCUT2D eigenvalue weighted by Crippen LogP contribution is -1.84. The molecule has 88 valence electrons. The van der Waals surface area contributed by atoms with Gasteiger partial charge < -0.3 is 0 Å². The minimum Gasteiger partial charge on any atom is -0.284 e. The Morgan fingerprint density at radius 2 is 1.83 bits per heavy atom. The van der Waals surface area contributed by atoms with E-state index in [0.717, 1.165) is 22.4 Å². The summed E-state index contributed by atoms with van der Waals surface area (Å²) < 4.78 is 13.2. The van der Waals surface area contributed by atoms with Gasteiger partial charge in [-0.1, -0.05) is 12.1 Å². The highest BCUT2D eigenvalue weighted by molar-refractivity contribution is 5.79. The third-order valence-corrected chi connectivity index (χ3v) is 2.73. The highest BCUT2D eigenvalue weighted by Crippen LogP contribution is 2.29. The van der Waals surface area contributed by atoms with Gasteiger partial charge >= 0.3 is 0 Å². The molecule has 3 rings (SSSR count). The average Bonchev–Trinajstić information content (AvgIpc) is 2.89. The van der Waals surface area contributed by atoms with E-state index in [1.807, 2.05) is 18.2 Å². The number of nitrogens with one attached hydrogen (secondary N) is 1. The summed E-state index contributed by atoms with van der Waals surface area (Å²) in [5.41, 5.74) is 3.42. The summed E-state index contributed by atoms with van der Waals surface area (Å²) in [6.07, 6.45) is 5.24. The molecular weight excluding hydrogens is 229 g/mol. The lowest BCUT2D eigenvalue weighted by Gasteiger charge is -2.02. The maximum Gasteiger partial charge on any atom is 0.123 e. The van der Waals surface area contributed by atoms with Crippen LogP contribution in [0.4, 0.5) is 4.39 Å². The Labute approximate surface area is 103 Å². The van der Waals surface area contributed by atoms with Gasteiger partial charge in [-0.2, -0.15) is 5.10 Å². The van der Waals surface area contributed by atoms with Crippen LogP contribution >= 0.6 is 0 Å². The first-order valence-electron chi connectivity index (χ1n) is 5.55. The smallest absolute Gasteiger partial charge is 0.123 e. The van der Waals surface area contributed by atoms with Crippen molar-refractivity contribution in [3.8, 4) is 22.4 Å². The van der Waals surface area contributed by atoms with Gasteiger partial charge in [0.2, 0.25) is 0 Å². The molecule has 3 nitrogen and oxygen atoms in total. The van der Waals surface area contributed by atoms with Crippen molar-refractivity contribution in [3.05, 3.63) is 60.8 Å². The molecule has 0 saturated heterocycles. The predicted molar refractivity (Wildman–Crippen MR) is 67.2 cm³/mol. The number of halogens is 1. The molecule has 1 N–H and O–H groups in total. The molecule has 1 aromatic carbocycles. The Bertz CT molecular complexity index is 662. The van der Waals surface area contributed by atoms with Crippen LogP contribution < -0.4 is 0 Å². The second-order valence-electron chi connectivity index (χ2n) is 3.89. The van der Waals surface area contributed by atoms with E-state index >= 15 is 0 Å². The quantitative estimate of drug-likeness (QED) is 0.745. The summed E-state index contributed by atoms with van der Waals surface area (Å²) in [6, 6.07) is 10.2. The Balaban J connectivity index is 2.13. The lowest BCUT2D eigenvalue weighted by molar-refractivity contribution is 0.628. The van der Waals surface area contributed by atoms with Crippen molar-refractivity contribution in [2.75, 3.05) is 0 Å². The summed E-state index contributed by atoms with van der Waals surface area (Å²) in [6.45, 7) is 0. The Hall–Kier alpha value is -2.49. The highest BCUT2D eigenvalue weighted by Gasteiger charge is 2.10. The molecular formula is C14H10FN3. The number of hydrogen-bond donors (Lipinski definition) is 1. The normalized spacial score (nSPS) is 10.5. The molecule has 0 amide bonds. The number of hydrogen-bond acceptors (Lipinski definition) is 2. The number of pyridine rings is 1. The number of nitrogens with zero attached hydrogens (tertiary/aromatic N) is 2.